The molecular formula is C21H24O6. The van der Waals surface area contributed by atoms with Gasteiger partial charge in [0.25, 0.3) is 0 Å². The quantitative estimate of drug-likeness (QED) is 0.419. The van der Waals surface area contributed by atoms with Gasteiger partial charge in [0.1, 0.15) is 17.9 Å². The Kier molecular flexibility index (Phi) is 9.29. The minimum Gasteiger partial charge on any atom is -0.497 e. The topological polar surface area (TPSA) is 78.9 Å². The number of carbonyl (C=O) groups excluding carboxylic acids is 3. The zero-order chi connectivity index (χ0) is 20.2. The van der Waals surface area contributed by atoms with Crippen LogP contribution in [0.1, 0.15) is 41.0 Å². The molecule has 27 heavy (non-hydrogen) atoms. The summed E-state index contributed by atoms with van der Waals surface area (Å²) in [5, 5.41) is 0. The highest BCUT2D eigenvalue weighted by atomic mass is 16.5. The summed E-state index contributed by atoms with van der Waals surface area (Å²) in [5.74, 6) is 0.778. The van der Waals surface area contributed by atoms with Crippen molar-refractivity contribution in [1.82, 2.24) is 0 Å². The summed E-state index contributed by atoms with van der Waals surface area (Å²) >= 11 is 0. The van der Waals surface area contributed by atoms with Gasteiger partial charge in [0.15, 0.2) is 11.6 Å². The van der Waals surface area contributed by atoms with Crippen LogP contribution in [0.25, 0.3) is 0 Å². The standard InChI is InChI=1S/C12H14O4.C9H10O2/c1-3-16-12(14)8-11(13)9-4-6-10(15-2)7-5-9;1-7(10)8-3-5-9(11-2)6-4-8/h4-7H,3,8H2,1-2H3;3-6H,1-2H3. The van der Waals surface area contributed by atoms with Crippen LogP contribution in [0, 0.1) is 0 Å². The summed E-state index contributed by atoms with van der Waals surface area (Å²) in [5.41, 5.74) is 1.19. The molecule has 2 aromatic rings. The number of esters is 1. The van der Waals surface area contributed by atoms with Gasteiger partial charge in [0.05, 0.1) is 20.8 Å². The number of ketones is 2. The van der Waals surface area contributed by atoms with Crippen LogP contribution < -0.4 is 9.47 Å². The van der Waals surface area contributed by atoms with Crippen molar-refractivity contribution in [2.24, 2.45) is 0 Å². The van der Waals surface area contributed by atoms with Gasteiger partial charge in [-0.1, -0.05) is 0 Å². The van der Waals surface area contributed by atoms with E-state index in [1.807, 2.05) is 0 Å². The second-order valence-corrected chi connectivity index (χ2v) is 5.42. The average molecular weight is 372 g/mol. The molecule has 0 aliphatic carbocycles. The maximum atomic E-state index is 11.6. The van der Waals surface area contributed by atoms with Crippen molar-refractivity contribution in [2.75, 3.05) is 20.8 Å². The molecule has 144 valence electrons. The fraction of sp³-hybridized carbons (Fsp3) is 0.286. The van der Waals surface area contributed by atoms with Crippen molar-refractivity contribution in [3.63, 3.8) is 0 Å². The van der Waals surface area contributed by atoms with Gasteiger partial charge in [-0.15, -0.1) is 0 Å². The molecule has 0 fully saturated rings. The van der Waals surface area contributed by atoms with Crippen LogP contribution in [0.4, 0.5) is 0 Å². The first-order chi connectivity index (χ1) is 12.9. The fourth-order valence-electron chi connectivity index (χ4n) is 2.05. The van der Waals surface area contributed by atoms with Gasteiger partial charge in [0, 0.05) is 11.1 Å². The van der Waals surface area contributed by atoms with Crippen LogP contribution in [-0.4, -0.2) is 38.4 Å². The summed E-state index contributed by atoms with van der Waals surface area (Å²) < 4.78 is 14.6. The Morgan fingerprint density at radius 1 is 0.778 bits per heavy atom. The van der Waals surface area contributed by atoms with Crippen LogP contribution >= 0.6 is 0 Å². The van der Waals surface area contributed by atoms with E-state index in [0.717, 1.165) is 5.75 Å². The Morgan fingerprint density at radius 3 is 1.59 bits per heavy atom. The monoisotopic (exact) mass is 372 g/mol. The van der Waals surface area contributed by atoms with Crippen LogP contribution in [0.15, 0.2) is 48.5 Å². The minimum atomic E-state index is -0.497. The molecule has 6 heteroatoms. The molecule has 2 rings (SSSR count). The predicted octanol–water partition coefficient (Wildman–Crippen LogP) is 3.73. The van der Waals surface area contributed by atoms with Gasteiger partial charge in [0.2, 0.25) is 0 Å². The number of carbonyl (C=O) groups is 3. The molecule has 0 spiro atoms. The Hall–Kier alpha value is -3.15. The van der Waals surface area contributed by atoms with Crippen molar-refractivity contribution < 1.29 is 28.6 Å². The molecule has 0 amide bonds. The summed E-state index contributed by atoms with van der Waals surface area (Å²) in [6.45, 7) is 3.53. The zero-order valence-electron chi connectivity index (χ0n) is 16.0. The molecular weight excluding hydrogens is 348 g/mol. The van der Waals surface area contributed by atoms with Crippen molar-refractivity contribution in [2.45, 2.75) is 20.3 Å². The molecule has 0 N–H and O–H groups in total. The van der Waals surface area contributed by atoms with Crippen LogP contribution in [0.5, 0.6) is 11.5 Å². The maximum Gasteiger partial charge on any atom is 0.313 e. The average Bonchev–Trinajstić information content (AvgIpc) is 2.68. The lowest BCUT2D eigenvalue weighted by Gasteiger charge is -2.03. The lowest BCUT2D eigenvalue weighted by molar-refractivity contribution is -0.141. The number of methoxy groups -OCH3 is 2. The molecule has 0 atom stereocenters. The van der Waals surface area contributed by atoms with Crippen molar-refractivity contribution >= 4 is 17.5 Å². The number of rotatable bonds is 7. The van der Waals surface area contributed by atoms with E-state index in [4.69, 9.17) is 14.2 Å². The SMILES string of the molecule is CCOC(=O)CC(=O)c1ccc(OC)cc1.COc1ccc(C(C)=O)cc1. The third kappa shape index (κ3) is 7.73. The van der Waals surface area contributed by atoms with Crippen molar-refractivity contribution in [3.8, 4) is 11.5 Å². The molecule has 0 bridgehead atoms. The van der Waals surface area contributed by atoms with E-state index in [1.54, 1.807) is 76.6 Å². The van der Waals surface area contributed by atoms with Gasteiger partial charge in [-0.25, -0.2) is 0 Å². The molecule has 0 aliphatic heterocycles. The highest BCUT2D eigenvalue weighted by Crippen LogP contribution is 2.13. The maximum absolute atomic E-state index is 11.6. The first-order valence-electron chi connectivity index (χ1n) is 8.39. The first-order valence-corrected chi connectivity index (χ1v) is 8.39. The molecule has 6 nitrogen and oxygen atoms in total. The van der Waals surface area contributed by atoms with Gasteiger partial charge >= 0.3 is 5.97 Å². The normalized spacial score (nSPS) is 9.48. The number of benzene rings is 2. The largest absolute Gasteiger partial charge is 0.497 e. The van der Waals surface area contributed by atoms with Crippen LogP contribution in [0.2, 0.25) is 0 Å². The summed E-state index contributed by atoms with van der Waals surface area (Å²) in [7, 11) is 3.15. The Bertz CT molecular complexity index is 747. The van der Waals surface area contributed by atoms with E-state index < -0.39 is 5.97 Å². The van der Waals surface area contributed by atoms with E-state index in [0.29, 0.717) is 16.9 Å². The molecule has 0 saturated carbocycles. The van der Waals surface area contributed by atoms with Crippen LogP contribution in [-0.2, 0) is 9.53 Å². The number of hydrogen-bond donors (Lipinski definition) is 0. The van der Waals surface area contributed by atoms with Gasteiger partial charge in [-0.05, 0) is 62.4 Å². The molecule has 0 saturated heterocycles. The Balaban J connectivity index is 0.000000289. The second kappa shape index (κ2) is 11.5. The summed E-state index contributed by atoms with van der Waals surface area (Å²) in [4.78, 5) is 33.5. The first kappa shape index (κ1) is 21.9. The molecule has 2 aromatic carbocycles. The highest BCUT2D eigenvalue weighted by Gasteiger charge is 2.12. The minimum absolute atomic E-state index is 0.0765. The van der Waals surface area contributed by atoms with Crippen LogP contribution in [0.3, 0.4) is 0 Å². The molecule has 0 aromatic heterocycles. The number of ether oxygens (including phenoxy) is 3. The van der Waals surface area contributed by atoms with Gasteiger partial charge < -0.3 is 14.2 Å². The molecule has 0 aliphatic rings. The number of Topliss-reactive ketones (excluding diaryl/α,β-unsaturated/α-hetero) is 2. The third-order valence-electron chi connectivity index (χ3n) is 3.52. The van der Waals surface area contributed by atoms with Gasteiger partial charge in [-0.2, -0.15) is 0 Å². The van der Waals surface area contributed by atoms with E-state index in [-0.39, 0.29) is 24.6 Å². The highest BCUT2D eigenvalue weighted by molar-refractivity contribution is 6.05. The Morgan fingerprint density at radius 2 is 1.22 bits per heavy atom. The fourth-order valence-corrected chi connectivity index (χ4v) is 2.05. The molecule has 0 radical (unpaired) electrons. The third-order valence-corrected chi connectivity index (χ3v) is 3.52. The second-order valence-electron chi connectivity index (χ2n) is 5.42. The van der Waals surface area contributed by atoms with Crippen molar-refractivity contribution in [1.29, 1.82) is 0 Å². The smallest absolute Gasteiger partial charge is 0.313 e. The van der Waals surface area contributed by atoms with E-state index in [1.165, 1.54) is 0 Å². The zero-order valence-corrected chi connectivity index (χ0v) is 16.0. The summed E-state index contributed by atoms with van der Waals surface area (Å²) in [6, 6.07) is 13.7. The molecule has 0 unspecified atom stereocenters. The van der Waals surface area contributed by atoms with Crippen molar-refractivity contribution in [3.05, 3.63) is 59.7 Å². The lowest BCUT2D eigenvalue weighted by atomic mass is 10.1. The van der Waals surface area contributed by atoms with E-state index in [2.05, 4.69) is 0 Å². The van der Waals surface area contributed by atoms with E-state index >= 15 is 0 Å². The lowest BCUT2D eigenvalue weighted by Crippen LogP contribution is -2.11. The molecule has 0 heterocycles. The van der Waals surface area contributed by atoms with E-state index in [9.17, 15) is 14.4 Å². The number of hydrogen-bond acceptors (Lipinski definition) is 6. The van der Waals surface area contributed by atoms with Gasteiger partial charge in [-0.3, -0.25) is 14.4 Å². The predicted molar refractivity (Wildman–Crippen MR) is 102 cm³/mol. The summed E-state index contributed by atoms with van der Waals surface area (Å²) in [6.07, 6.45) is -0.222. The Labute approximate surface area is 159 Å².